The maximum absolute atomic E-state index is 12.2. The van der Waals surface area contributed by atoms with Crippen LogP contribution in [-0.4, -0.2) is 22.6 Å². The Bertz CT molecular complexity index is 670. The molecular weight excluding hydrogens is 320 g/mol. The van der Waals surface area contributed by atoms with Crippen molar-refractivity contribution in [2.75, 3.05) is 5.75 Å². The molecule has 0 saturated heterocycles. The first kappa shape index (κ1) is 16.5. The van der Waals surface area contributed by atoms with E-state index >= 15 is 0 Å². The Morgan fingerprint density at radius 1 is 1.36 bits per heavy atom. The summed E-state index contributed by atoms with van der Waals surface area (Å²) in [5, 5.41) is 2.91. The number of carbonyl (C=O) groups excluding carboxylic acids is 2. The fraction of sp³-hybridized carbons (Fsp3) is 0.267. The molecule has 0 unspecified atom stereocenters. The van der Waals surface area contributed by atoms with Crippen LogP contribution in [0.2, 0.25) is 0 Å². The molecule has 0 aliphatic rings. The Morgan fingerprint density at radius 3 is 2.82 bits per heavy atom. The zero-order valence-corrected chi connectivity index (χ0v) is 13.7. The average Bonchev–Trinajstić information content (AvgIpc) is 2.99. The van der Waals surface area contributed by atoms with Crippen LogP contribution in [-0.2, 0) is 22.6 Å². The second-order valence-corrected chi connectivity index (χ2v) is 6.37. The van der Waals surface area contributed by atoms with Gasteiger partial charge in [-0.25, -0.2) is 9.78 Å². The van der Waals surface area contributed by atoms with Gasteiger partial charge in [0.2, 0.25) is 5.91 Å². The first-order valence-corrected chi connectivity index (χ1v) is 8.57. The Labute approximate surface area is 136 Å². The Morgan fingerprint density at radius 2 is 2.14 bits per heavy atom. The summed E-state index contributed by atoms with van der Waals surface area (Å²) in [6, 6.07) is 6.99. The molecule has 22 heavy (non-hydrogen) atoms. The van der Waals surface area contributed by atoms with Crippen LogP contribution in [0.1, 0.15) is 28.0 Å². The van der Waals surface area contributed by atoms with E-state index in [0.717, 1.165) is 17.1 Å². The number of aryl methyl sites for hydroxylation is 1. The van der Waals surface area contributed by atoms with Crippen LogP contribution >= 0.6 is 23.1 Å². The highest BCUT2D eigenvalue weighted by atomic mass is 32.2. The van der Waals surface area contributed by atoms with Crippen molar-refractivity contribution in [3.8, 4) is 0 Å². The van der Waals surface area contributed by atoms with Gasteiger partial charge in [-0.05, 0) is 18.6 Å². The van der Waals surface area contributed by atoms with Gasteiger partial charge >= 0.3 is 5.97 Å². The lowest BCUT2D eigenvalue weighted by atomic mass is 10.2. The quantitative estimate of drug-likeness (QED) is 0.621. The first-order chi connectivity index (χ1) is 10.6. The summed E-state index contributed by atoms with van der Waals surface area (Å²) >= 11 is 2.78. The van der Waals surface area contributed by atoms with Gasteiger partial charge in [-0.1, -0.05) is 19.1 Å². The third-order valence-electron chi connectivity index (χ3n) is 2.73. The van der Waals surface area contributed by atoms with E-state index in [-0.39, 0.29) is 12.4 Å². The molecule has 116 valence electrons. The molecule has 0 aliphatic carbocycles. The topological polar surface area (TPSA) is 82.3 Å². The summed E-state index contributed by atoms with van der Waals surface area (Å²) in [6.45, 7) is 2.17. The van der Waals surface area contributed by atoms with Crippen LogP contribution in [0.5, 0.6) is 0 Å². The number of nitrogens with zero attached hydrogens (tertiary/aromatic N) is 1. The molecule has 2 rings (SSSR count). The smallest absolute Gasteiger partial charge is 0.339 e. The molecular formula is C15H16N2O3S2. The number of esters is 1. The lowest BCUT2D eigenvalue weighted by molar-refractivity contribution is -0.115. The van der Waals surface area contributed by atoms with Crippen molar-refractivity contribution in [3.05, 3.63) is 45.9 Å². The molecule has 7 heteroatoms. The van der Waals surface area contributed by atoms with Crippen LogP contribution in [0.4, 0.5) is 0 Å². The molecule has 0 aliphatic heterocycles. The number of nitrogens with two attached hydrogens (primary N) is 1. The minimum Gasteiger partial charge on any atom is -0.456 e. The number of primary amides is 1. The highest BCUT2D eigenvalue weighted by Crippen LogP contribution is 2.23. The number of hydrogen-bond donors (Lipinski definition) is 1. The molecule has 0 spiro atoms. The van der Waals surface area contributed by atoms with E-state index in [1.165, 1.54) is 11.8 Å². The number of benzene rings is 1. The van der Waals surface area contributed by atoms with Crippen LogP contribution in [0.15, 0.2) is 34.5 Å². The molecule has 1 amide bonds. The van der Waals surface area contributed by atoms with E-state index in [1.54, 1.807) is 35.6 Å². The maximum Gasteiger partial charge on any atom is 0.339 e. The lowest BCUT2D eigenvalue weighted by Gasteiger charge is -2.07. The molecule has 0 fully saturated rings. The van der Waals surface area contributed by atoms with Crippen molar-refractivity contribution in [2.24, 2.45) is 5.73 Å². The van der Waals surface area contributed by atoms with Crippen molar-refractivity contribution in [1.82, 2.24) is 4.98 Å². The molecule has 0 atom stereocenters. The van der Waals surface area contributed by atoms with Crippen LogP contribution in [0, 0.1) is 0 Å². The van der Waals surface area contributed by atoms with Gasteiger partial charge in [0.15, 0.2) is 0 Å². The summed E-state index contributed by atoms with van der Waals surface area (Å²) in [7, 11) is 0. The van der Waals surface area contributed by atoms with Crippen molar-refractivity contribution >= 4 is 35.0 Å². The fourth-order valence-electron chi connectivity index (χ4n) is 1.70. The number of carbonyl (C=O) groups is 2. The van der Waals surface area contributed by atoms with Crippen molar-refractivity contribution in [2.45, 2.75) is 24.8 Å². The van der Waals surface area contributed by atoms with Gasteiger partial charge < -0.3 is 10.5 Å². The third-order valence-corrected chi connectivity index (χ3v) is 4.87. The standard InChI is InChI=1S/C15H16N2O3S2/c1-2-14-17-10(8-22-14)7-20-15(19)11-5-3-4-6-12(11)21-9-13(16)18/h3-6,8H,2,7,9H2,1H3,(H2,16,18). The summed E-state index contributed by atoms with van der Waals surface area (Å²) in [6.07, 6.45) is 0.866. The third kappa shape index (κ3) is 4.57. The predicted octanol–water partition coefficient (Wildman–Crippen LogP) is 2.64. The fourth-order valence-corrected chi connectivity index (χ4v) is 3.21. The average molecular weight is 336 g/mol. The number of thioether (sulfide) groups is 1. The van der Waals surface area contributed by atoms with Crippen molar-refractivity contribution in [3.63, 3.8) is 0 Å². The summed E-state index contributed by atoms with van der Waals surface area (Å²) < 4.78 is 5.30. The predicted molar refractivity (Wildman–Crippen MR) is 87.0 cm³/mol. The maximum atomic E-state index is 12.2. The highest BCUT2D eigenvalue weighted by Gasteiger charge is 2.14. The number of ether oxygens (including phenoxy) is 1. The Kier molecular flexibility index (Phi) is 5.97. The van der Waals surface area contributed by atoms with Crippen LogP contribution in [0.25, 0.3) is 0 Å². The van der Waals surface area contributed by atoms with Crippen LogP contribution < -0.4 is 5.73 Å². The Hall–Kier alpha value is -1.86. The molecule has 1 aromatic carbocycles. The SMILES string of the molecule is CCc1nc(COC(=O)c2ccccc2SCC(N)=O)cs1. The zero-order chi connectivity index (χ0) is 15.9. The molecule has 2 N–H and O–H groups in total. The summed E-state index contributed by atoms with van der Waals surface area (Å²) in [5.41, 5.74) is 6.31. The second-order valence-electron chi connectivity index (χ2n) is 4.41. The molecule has 0 bridgehead atoms. The highest BCUT2D eigenvalue weighted by molar-refractivity contribution is 8.00. The van der Waals surface area contributed by atoms with Gasteiger partial charge in [-0.3, -0.25) is 4.79 Å². The lowest BCUT2D eigenvalue weighted by Crippen LogP contribution is -2.14. The molecule has 0 radical (unpaired) electrons. The second kappa shape index (κ2) is 7.95. The molecule has 1 aromatic heterocycles. The van der Waals surface area contributed by atoms with E-state index in [9.17, 15) is 9.59 Å². The van der Waals surface area contributed by atoms with E-state index < -0.39 is 11.9 Å². The van der Waals surface area contributed by atoms with Gasteiger partial charge in [-0.15, -0.1) is 23.1 Å². The van der Waals surface area contributed by atoms with E-state index in [4.69, 9.17) is 10.5 Å². The molecule has 2 aromatic rings. The largest absolute Gasteiger partial charge is 0.456 e. The van der Waals surface area contributed by atoms with Gasteiger partial charge in [-0.2, -0.15) is 0 Å². The van der Waals surface area contributed by atoms with Gasteiger partial charge in [0.05, 0.1) is 22.0 Å². The number of rotatable bonds is 7. The minimum atomic E-state index is -0.432. The molecule has 5 nitrogen and oxygen atoms in total. The molecule has 0 saturated carbocycles. The minimum absolute atomic E-state index is 0.121. The first-order valence-electron chi connectivity index (χ1n) is 6.70. The van der Waals surface area contributed by atoms with Crippen LogP contribution in [0.3, 0.4) is 0 Å². The number of thiazole rings is 1. The summed E-state index contributed by atoms with van der Waals surface area (Å²) in [5.74, 6) is -0.739. The van der Waals surface area contributed by atoms with E-state index in [0.29, 0.717) is 10.5 Å². The number of aromatic nitrogens is 1. The normalized spacial score (nSPS) is 10.4. The molecule has 1 heterocycles. The van der Waals surface area contributed by atoms with E-state index in [2.05, 4.69) is 4.98 Å². The zero-order valence-electron chi connectivity index (χ0n) is 12.1. The Balaban J connectivity index is 2.01. The van der Waals surface area contributed by atoms with Crippen molar-refractivity contribution in [1.29, 1.82) is 0 Å². The van der Waals surface area contributed by atoms with Gasteiger partial charge in [0.1, 0.15) is 6.61 Å². The van der Waals surface area contributed by atoms with Gasteiger partial charge in [0, 0.05) is 10.3 Å². The van der Waals surface area contributed by atoms with Crippen molar-refractivity contribution < 1.29 is 14.3 Å². The number of amides is 1. The summed E-state index contributed by atoms with van der Waals surface area (Å²) in [4.78, 5) is 28.1. The van der Waals surface area contributed by atoms with E-state index in [1.807, 2.05) is 12.3 Å². The van der Waals surface area contributed by atoms with Gasteiger partial charge in [0.25, 0.3) is 0 Å². The number of hydrogen-bond acceptors (Lipinski definition) is 6. The monoisotopic (exact) mass is 336 g/mol.